The van der Waals surface area contributed by atoms with Gasteiger partial charge in [-0.15, -0.1) is 0 Å². The SMILES string of the molecule is CCOCCCN=C(NCCc1ccco1)N(C)CCC1CCN(c2ccncc2)CC1. The van der Waals surface area contributed by atoms with Gasteiger partial charge in [-0.1, -0.05) is 0 Å². The molecule has 1 aliphatic rings. The molecule has 0 amide bonds. The monoisotopic (exact) mass is 441 g/mol. The molecule has 2 aromatic rings. The van der Waals surface area contributed by atoms with Crippen LogP contribution in [0.15, 0.2) is 52.3 Å². The van der Waals surface area contributed by atoms with Crippen molar-refractivity contribution in [3.63, 3.8) is 0 Å². The third kappa shape index (κ3) is 8.19. The van der Waals surface area contributed by atoms with Crippen molar-refractivity contribution in [1.29, 1.82) is 0 Å². The van der Waals surface area contributed by atoms with Gasteiger partial charge in [0.15, 0.2) is 5.96 Å². The van der Waals surface area contributed by atoms with Crippen LogP contribution in [-0.2, 0) is 11.2 Å². The van der Waals surface area contributed by atoms with E-state index >= 15 is 0 Å². The highest BCUT2D eigenvalue weighted by Crippen LogP contribution is 2.24. The number of hydrogen-bond donors (Lipinski definition) is 1. The smallest absolute Gasteiger partial charge is 0.193 e. The Morgan fingerprint density at radius 2 is 2.09 bits per heavy atom. The lowest BCUT2D eigenvalue weighted by molar-refractivity contribution is 0.146. The Kier molecular flexibility index (Phi) is 10.4. The van der Waals surface area contributed by atoms with Crippen LogP contribution in [0.3, 0.4) is 0 Å². The fourth-order valence-corrected chi connectivity index (χ4v) is 4.08. The average molecular weight is 442 g/mol. The number of guanidine groups is 1. The van der Waals surface area contributed by atoms with Gasteiger partial charge in [0.05, 0.1) is 6.26 Å². The summed E-state index contributed by atoms with van der Waals surface area (Å²) in [5, 5.41) is 3.53. The van der Waals surface area contributed by atoms with Crippen LogP contribution in [0, 0.1) is 5.92 Å². The number of nitrogens with one attached hydrogen (secondary N) is 1. The van der Waals surface area contributed by atoms with Crippen molar-refractivity contribution >= 4 is 11.6 Å². The largest absolute Gasteiger partial charge is 0.469 e. The highest BCUT2D eigenvalue weighted by Gasteiger charge is 2.20. The minimum absolute atomic E-state index is 0.762. The molecule has 32 heavy (non-hydrogen) atoms. The second kappa shape index (κ2) is 13.8. The normalized spacial score (nSPS) is 15.2. The van der Waals surface area contributed by atoms with E-state index in [4.69, 9.17) is 14.1 Å². The van der Waals surface area contributed by atoms with Crippen LogP contribution < -0.4 is 10.2 Å². The molecule has 0 spiro atoms. The fraction of sp³-hybridized carbons (Fsp3) is 0.600. The van der Waals surface area contributed by atoms with Gasteiger partial charge in [-0.05, 0) is 62.8 Å². The second-order valence-electron chi connectivity index (χ2n) is 8.36. The maximum Gasteiger partial charge on any atom is 0.193 e. The highest BCUT2D eigenvalue weighted by atomic mass is 16.5. The quantitative estimate of drug-likeness (QED) is 0.307. The molecule has 176 valence electrons. The van der Waals surface area contributed by atoms with Crippen LogP contribution in [-0.4, -0.2) is 68.8 Å². The zero-order valence-electron chi connectivity index (χ0n) is 19.7. The van der Waals surface area contributed by atoms with Gasteiger partial charge < -0.3 is 24.3 Å². The van der Waals surface area contributed by atoms with Gasteiger partial charge >= 0.3 is 0 Å². The van der Waals surface area contributed by atoms with Gasteiger partial charge in [0.25, 0.3) is 0 Å². The summed E-state index contributed by atoms with van der Waals surface area (Å²) in [4.78, 5) is 13.7. The fourth-order valence-electron chi connectivity index (χ4n) is 4.08. The molecule has 0 radical (unpaired) electrons. The van der Waals surface area contributed by atoms with E-state index in [1.54, 1.807) is 6.26 Å². The van der Waals surface area contributed by atoms with Gasteiger partial charge in [-0.25, -0.2) is 0 Å². The molecular formula is C25H39N5O2. The summed E-state index contributed by atoms with van der Waals surface area (Å²) in [5.74, 6) is 2.73. The molecule has 0 unspecified atom stereocenters. The van der Waals surface area contributed by atoms with Gasteiger partial charge in [-0.2, -0.15) is 0 Å². The van der Waals surface area contributed by atoms with Crippen molar-refractivity contribution < 1.29 is 9.15 Å². The molecule has 0 bridgehead atoms. The first-order valence-corrected chi connectivity index (χ1v) is 12.0. The number of nitrogens with zero attached hydrogens (tertiary/aromatic N) is 4. The summed E-state index contributed by atoms with van der Waals surface area (Å²) in [7, 11) is 2.15. The van der Waals surface area contributed by atoms with Crippen molar-refractivity contribution in [2.45, 2.75) is 39.0 Å². The number of aromatic nitrogens is 1. The van der Waals surface area contributed by atoms with Crippen molar-refractivity contribution in [2.75, 3.05) is 57.9 Å². The molecule has 0 aromatic carbocycles. The first kappa shape index (κ1) is 24.1. The van der Waals surface area contributed by atoms with Crippen molar-refractivity contribution in [3.05, 3.63) is 48.7 Å². The minimum atomic E-state index is 0.762. The molecule has 1 fully saturated rings. The molecule has 1 N–H and O–H groups in total. The molecular weight excluding hydrogens is 402 g/mol. The van der Waals surface area contributed by atoms with E-state index in [0.717, 1.165) is 76.4 Å². The van der Waals surface area contributed by atoms with Gasteiger partial charge in [0.2, 0.25) is 0 Å². The maximum atomic E-state index is 5.45. The maximum absolute atomic E-state index is 5.45. The minimum Gasteiger partial charge on any atom is -0.469 e. The molecule has 1 aliphatic heterocycles. The van der Waals surface area contributed by atoms with Crippen LogP contribution in [0.2, 0.25) is 0 Å². The van der Waals surface area contributed by atoms with Gasteiger partial charge in [-0.3, -0.25) is 9.98 Å². The van der Waals surface area contributed by atoms with E-state index in [2.05, 4.69) is 39.3 Å². The molecule has 7 heteroatoms. The van der Waals surface area contributed by atoms with Crippen LogP contribution in [0.25, 0.3) is 0 Å². The van der Waals surface area contributed by atoms with Crippen LogP contribution in [0.1, 0.15) is 38.4 Å². The van der Waals surface area contributed by atoms with Crippen molar-refractivity contribution in [3.8, 4) is 0 Å². The summed E-state index contributed by atoms with van der Waals surface area (Å²) in [6, 6.07) is 8.17. The van der Waals surface area contributed by atoms with E-state index in [0.29, 0.717) is 0 Å². The van der Waals surface area contributed by atoms with E-state index in [-0.39, 0.29) is 0 Å². The number of furan rings is 1. The standard InChI is InChI=1S/C25H39N5O2/c1-3-31-20-5-13-27-25(28-16-9-24-6-4-21-32-24)29(2)17-10-22-11-18-30(19-12-22)23-7-14-26-15-8-23/h4,6-8,14-15,21-22H,3,5,9-13,16-20H2,1-2H3,(H,27,28). The zero-order valence-corrected chi connectivity index (χ0v) is 19.7. The molecule has 0 aliphatic carbocycles. The lowest BCUT2D eigenvalue weighted by Crippen LogP contribution is -2.41. The van der Waals surface area contributed by atoms with E-state index in [1.807, 2.05) is 31.5 Å². The summed E-state index contributed by atoms with van der Waals surface area (Å²) < 4.78 is 10.9. The predicted octanol–water partition coefficient (Wildman–Crippen LogP) is 3.83. The Morgan fingerprint density at radius 1 is 1.28 bits per heavy atom. The number of pyridine rings is 1. The lowest BCUT2D eigenvalue weighted by Gasteiger charge is -2.34. The number of piperidine rings is 1. The predicted molar refractivity (Wildman–Crippen MR) is 130 cm³/mol. The van der Waals surface area contributed by atoms with Crippen molar-refractivity contribution in [2.24, 2.45) is 10.9 Å². The van der Waals surface area contributed by atoms with E-state index < -0.39 is 0 Å². The number of rotatable bonds is 12. The molecule has 2 aromatic heterocycles. The molecule has 7 nitrogen and oxygen atoms in total. The molecule has 0 atom stereocenters. The van der Waals surface area contributed by atoms with Crippen LogP contribution in [0.5, 0.6) is 0 Å². The zero-order chi connectivity index (χ0) is 22.4. The molecule has 0 saturated carbocycles. The molecule has 3 heterocycles. The first-order valence-electron chi connectivity index (χ1n) is 12.0. The Hall–Kier alpha value is -2.54. The van der Waals surface area contributed by atoms with Crippen molar-refractivity contribution in [1.82, 2.24) is 15.2 Å². The highest BCUT2D eigenvalue weighted by molar-refractivity contribution is 5.79. The number of aliphatic imine (C=N–C) groups is 1. The summed E-state index contributed by atoms with van der Waals surface area (Å²) >= 11 is 0. The summed E-state index contributed by atoms with van der Waals surface area (Å²) in [6.45, 7) is 8.40. The van der Waals surface area contributed by atoms with Gasteiger partial charge in [0, 0.05) is 77.5 Å². The second-order valence-corrected chi connectivity index (χ2v) is 8.36. The number of anilines is 1. The Bertz CT molecular complexity index is 758. The lowest BCUT2D eigenvalue weighted by atomic mass is 9.93. The Balaban J connectivity index is 1.43. The third-order valence-electron chi connectivity index (χ3n) is 6.02. The Labute approximate surface area is 192 Å². The Morgan fingerprint density at radius 3 is 2.81 bits per heavy atom. The topological polar surface area (TPSA) is 66.1 Å². The molecule has 1 saturated heterocycles. The van der Waals surface area contributed by atoms with E-state index in [1.165, 1.54) is 24.9 Å². The third-order valence-corrected chi connectivity index (χ3v) is 6.02. The first-order chi connectivity index (χ1) is 15.8. The number of hydrogen-bond acceptors (Lipinski definition) is 5. The average Bonchev–Trinajstić information content (AvgIpc) is 3.36. The number of ether oxygens (including phenoxy) is 1. The summed E-state index contributed by atoms with van der Waals surface area (Å²) in [6.07, 6.45) is 11.0. The molecule has 3 rings (SSSR count). The summed E-state index contributed by atoms with van der Waals surface area (Å²) in [5.41, 5.74) is 1.29. The van der Waals surface area contributed by atoms with Crippen LogP contribution >= 0.6 is 0 Å². The van der Waals surface area contributed by atoms with Gasteiger partial charge in [0.1, 0.15) is 5.76 Å². The van der Waals surface area contributed by atoms with Crippen LogP contribution in [0.4, 0.5) is 5.69 Å². The van der Waals surface area contributed by atoms with E-state index in [9.17, 15) is 0 Å².